The van der Waals surface area contributed by atoms with Gasteiger partial charge >= 0.3 is 18.2 Å². The van der Waals surface area contributed by atoms with E-state index in [0.717, 1.165) is 27.8 Å². The molecule has 5 aromatic rings. The molecule has 5 aromatic carbocycles. The van der Waals surface area contributed by atoms with Crippen molar-refractivity contribution in [1.82, 2.24) is 5.32 Å². The van der Waals surface area contributed by atoms with Gasteiger partial charge in [-0.25, -0.2) is 4.79 Å². The molecule has 1 N–H and O–H groups in total. The number of alkyl halides is 3. The highest BCUT2D eigenvalue weighted by Crippen LogP contribution is 2.45. The highest BCUT2D eigenvalue weighted by Gasteiger charge is 2.46. The third-order valence-electron chi connectivity index (χ3n) is 8.56. The van der Waals surface area contributed by atoms with E-state index in [1.165, 1.54) is 0 Å². The summed E-state index contributed by atoms with van der Waals surface area (Å²) in [6, 6.07) is 35.1. The van der Waals surface area contributed by atoms with Gasteiger partial charge in [0.05, 0.1) is 6.42 Å². The third-order valence-corrected chi connectivity index (χ3v) is 8.89. The normalized spacial score (nSPS) is 13.7. The SMILES string of the molecule is C.C.Cc1ccc(C(OC(=O)C[C@H](NC(=O)OCC2c3ccccc3-c3ccccc32)C(F)(F)F)(c2ccccc2)c2ccccc2Cl)cc1. The molecule has 2 atom stereocenters. The molecule has 5 nitrogen and oxygen atoms in total. The largest absolute Gasteiger partial charge is 0.449 e. The van der Waals surface area contributed by atoms with Crippen molar-refractivity contribution in [3.8, 4) is 11.1 Å². The van der Waals surface area contributed by atoms with Crippen molar-refractivity contribution in [3.63, 3.8) is 0 Å². The molecule has 0 aliphatic heterocycles. The van der Waals surface area contributed by atoms with Gasteiger partial charge in [0.15, 0.2) is 5.60 Å². The molecule has 0 bridgehead atoms. The fourth-order valence-corrected chi connectivity index (χ4v) is 6.54. The number of ether oxygens (including phenoxy) is 2. The Kier molecular flexibility index (Phi) is 11.8. The summed E-state index contributed by atoms with van der Waals surface area (Å²) >= 11 is 6.68. The van der Waals surface area contributed by atoms with Crippen LogP contribution in [0.15, 0.2) is 127 Å². The van der Waals surface area contributed by atoms with E-state index >= 15 is 0 Å². The number of carbonyl (C=O) groups is 2. The van der Waals surface area contributed by atoms with Gasteiger partial charge in [-0.2, -0.15) is 13.2 Å². The van der Waals surface area contributed by atoms with Crippen LogP contribution in [0.5, 0.6) is 0 Å². The van der Waals surface area contributed by atoms with Crippen molar-refractivity contribution in [1.29, 1.82) is 0 Å². The Morgan fingerprint density at radius 2 is 1.26 bits per heavy atom. The van der Waals surface area contributed by atoms with Crippen LogP contribution < -0.4 is 5.32 Å². The molecule has 0 fully saturated rings. The molecule has 0 saturated carbocycles. The van der Waals surface area contributed by atoms with Gasteiger partial charge in [-0.15, -0.1) is 0 Å². The minimum atomic E-state index is -4.99. The van der Waals surface area contributed by atoms with Crippen LogP contribution in [0.2, 0.25) is 5.02 Å². The second-order valence-electron chi connectivity index (χ2n) is 11.6. The lowest BCUT2D eigenvalue weighted by Crippen LogP contribution is -2.48. The lowest BCUT2D eigenvalue weighted by atomic mass is 9.79. The molecule has 0 aromatic heterocycles. The first kappa shape index (κ1) is 37.7. The van der Waals surface area contributed by atoms with Gasteiger partial charge in [-0.1, -0.05) is 153 Å². The summed E-state index contributed by atoms with van der Waals surface area (Å²) in [5.41, 5.74) is 4.32. The van der Waals surface area contributed by atoms with Gasteiger partial charge in [0, 0.05) is 27.6 Å². The first-order valence-electron chi connectivity index (χ1n) is 15.4. The molecule has 1 aliphatic carbocycles. The standard InChI is InChI=1S/C39H31ClF3NO4.2CH4/c1-25-19-21-27(22-20-25)38(26-11-3-2-4-12-26,33-17-9-10-18-34(33)40)48-36(45)23-35(39(41,42)43)44-37(46)47-24-32-30-15-7-5-13-28(30)29-14-6-8-16-31(29)32;;/h2-22,32,35H,23-24H2,1H3,(H,44,46);2*1H4/t35-,38?;;/m0../s1. The predicted molar refractivity (Wildman–Crippen MR) is 191 cm³/mol. The van der Waals surface area contributed by atoms with Crippen molar-refractivity contribution in [3.05, 3.63) is 166 Å². The highest BCUT2D eigenvalue weighted by atomic mass is 35.5. The Morgan fingerprint density at radius 1 is 0.740 bits per heavy atom. The van der Waals surface area contributed by atoms with Crippen LogP contribution in [0.1, 0.15) is 60.6 Å². The minimum Gasteiger partial charge on any atom is -0.449 e. The summed E-state index contributed by atoms with van der Waals surface area (Å²) < 4.78 is 54.7. The zero-order valence-corrected chi connectivity index (χ0v) is 26.6. The number of nitrogens with one attached hydrogen (secondary N) is 1. The van der Waals surface area contributed by atoms with Crippen LogP contribution in [0.3, 0.4) is 0 Å². The van der Waals surface area contributed by atoms with Crippen LogP contribution in [-0.2, 0) is 19.9 Å². The van der Waals surface area contributed by atoms with Gasteiger partial charge in [-0.3, -0.25) is 4.79 Å². The second-order valence-corrected chi connectivity index (χ2v) is 12.0. The molecule has 0 saturated heterocycles. The van der Waals surface area contributed by atoms with Crippen molar-refractivity contribution in [2.75, 3.05) is 6.61 Å². The molecule has 1 amide bonds. The van der Waals surface area contributed by atoms with Crippen LogP contribution in [-0.4, -0.2) is 30.9 Å². The Labute approximate surface area is 296 Å². The maximum absolute atomic E-state index is 14.4. The van der Waals surface area contributed by atoms with E-state index in [9.17, 15) is 22.8 Å². The average molecular weight is 702 g/mol. The number of halogens is 4. The number of aryl methyl sites for hydroxylation is 1. The number of alkyl carbamates (subject to hydrolysis) is 1. The third kappa shape index (κ3) is 7.55. The predicted octanol–water partition coefficient (Wildman–Crippen LogP) is 10.6. The maximum atomic E-state index is 14.4. The van der Waals surface area contributed by atoms with Crippen molar-refractivity contribution in [2.45, 2.75) is 51.9 Å². The Hall–Kier alpha value is -5.08. The summed E-state index contributed by atoms with van der Waals surface area (Å²) in [6.45, 7) is 1.70. The van der Waals surface area contributed by atoms with E-state index in [2.05, 4.69) is 0 Å². The lowest BCUT2D eigenvalue weighted by Gasteiger charge is -2.36. The average Bonchev–Trinajstić information content (AvgIpc) is 3.40. The molecular formula is C41H39ClF3NO4. The van der Waals surface area contributed by atoms with Crippen molar-refractivity contribution in [2.24, 2.45) is 0 Å². The van der Waals surface area contributed by atoms with Crippen molar-refractivity contribution < 1.29 is 32.2 Å². The van der Waals surface area contributed by atoms with Gasteiger partial charge in [0.1, 0.15) is 12.6 Å². The number of esters is 1. The number of benzene rings is 5. The van der Waals surface area contributed by atoms with Gasteiger partial charge in [0.2, 0.25) is 0 Å². The number of amides is 1. The molecule has 1 unspecified atom stereocenters. The van der Waals surface area contributed by atoms with E-state index in [4.69, 9.17) is 21.1 Å². The Morgan fingerprint density at radius 3 is 1.84 bits per heavy atom. The van der Waals surface area contributed by atoms with E-state index in [1.54, 1.807) is 66.7 Å². The zero-order valence-electron chi connectivity index (χ0n) is 25.8. The quantitative estimate of drug-likeness (QED) is 0.123. The van der Waals surface area contributed by atoms with Gasteiger partial charge < -0.3 is 14.8 Å². The Bertz CT molecular complexity index is 1890. The maximum Gasteiger partial charge on any atom is 0.409 e. The van der Waals surface area contributed by atoms with E-state index in [-0.39, 0.29) is 32.4 Å². The van der Waals surface area contributed by atoms with Crippen LogP contribution in [0.25, 0.3) is 11.1 Å². The fraction of sp³-hybridized carbons (Fsp3) is 0.220. The van der Waals surface area contributed by atoms with Crippen LogP contribution in [0.4, 0.5) is 18.0 Å². The fourth-order valence-electron chi connectivity index (χ4n) is 6.27. The second kappa shape index (κ2) is 15.6. The molecule has 9 heteroatoms. The molecule has 260 valence electrons. The summed E-state index contributed by atoms with van der Waals surface area (Å²) in [4.78, 5) is 26.6. The first-order chi connectivity index (χ1) is 23.1. The number of hydrogen-bond donors (Lipinski definition) is 1. The number of carbonyl (C=O) groups excluding carboxylic acids is 2. The van der Waals surface area contributed by atoms with Crippen LogP contribution >= 0.6 is 11.6 Å². The monoisotopic (exact) mass is 701 g/mol. The topological polar surface area (TPSA) is 64.6 Å². The minimum absolute atomic E-state index is 0. The number of fused-ring (bicyclic) bond motifs is 3. The molecule has 0 spiro atoms. The molecule has 1 aliphatic rings. The molecule has 50 heavy (non-hydrogen) atoms. The summed E-state index contributed by atoms with van der Waals surface area (Å²) in [5, 5.41) is 2.12. The van der Waals surface area contributed by atoms with Crippen LogP contribution in [0, 0.1) is 6.92 Å². The summed E-state index contributed by atoms with van der Waals surface area (Å²) in [7, 11) is 0. The summed E-state index contributed by atoms with van der Waals surface area (Å²) in [6.07, 6.45) is -7.50. The van der Waals surface area contributed by atoms with Gasteiger partial charge in [0.25, 0.3) is 0 Å². The number of rotatable bonds is 9. The van der Waals surface area contributed by atoms with E-state index in [0.29, 0.717) is 16.7 Å². The molecule has 0 heterocycles. The number of hydrogen-bond acceptors (Lipinski definition) is 4. The molecular weight excluding hydrogens is 663 g/mol. The lowest BCUT2D eigenvalue weighted by molar-refractivity contribution is -0.173. The molecule has 6 rings (SSSR count). The summed E-state index contributed by atoms with van der Waals surface area (Å²) in [5.74, 6) is -1.56. The first-order valence-corrected chi connectivity index (χ1v) is 15.7. The van der Waals surface area contributed by atoms with E-state index < -0.39 is 36.3 Å². The van der Waals surface area contributed by atoms with Crippen molar-refractivity contribution >= 4 is 23.7 Å². The van der Waals surface area contributed by atoms with E-state index in [1.807, 2.05) is 72.9 Å². The van der Waals surface area contributed by atoms with Gasteiger partial charge in [-0.05, 0) is 35.2 Å². The molecule has 0 radical (unpaired) electrons. The highest BCUT2D eigenvalue weighted by molar-refractivity contribution is 6.31. The zero-order chi connectivity index (χ0) is 33.9. The Balaban J connectivity index is 0.00000281. The smallest absolute Gasteiger partial charge is 0.409 e.